The van der Waals surface area contributed by atoms with Gasteiger partial charge in [0.15, 0.2) is 0 Å². The highest BCUT2D eigenvalue weighted by Crippen LogP contribution is 2.28. The summed E-state index contributed by atoms with van der Waals surface area (Å²) in [5.41, 5.74) is 4.91. The molecule has 180 valence electrons. The number of carbonyl (C=O) groups is 1. The number of aromatic nitrogens is 4. The molecule has 1 amide bonds. The van der Waals surface area contributed by atoms with Gasteiger partial charge in [0.25, 0.3) is 5.91 Å². The Hall–Kier alpha value is -4.11. The largest absolute Gasteiger partial charge is 0.481 e. The van der Waals surface area contributed by atoms with Crippen LogP contribution in [0.2, 0.25) is 0 Å². The summed E-state index contributed by atoms with van der Waals surface area (Å²) in [6.45, 7) is 3.12. The molecule has 0 aliphatic carbocycles. The molecule has 3 aromatic heterocycles. The summed E-state index contributed by atoms with van der Waals surface area (Å²) in [7, 11) is 4.84. The molecule has 0 bridgehead atoms. The lowest BCUT2D eigenvalue weighted by Crippen LogP contribution is -2.18. The summed E-state index contributed by atoms with van der Waals surface area (Å²) >= 11 is 0. The summed E-state index contributed by atoms with van der Waals surface area (Å²) in [5, 5.41) is 6.93. The molecule has 4 rings (SSSR count). The fourth-order valence-electron chi connectivity index (χ4n) is 3.99. The first-order chi connectivity index (χ1) is 17.0. The van der Waals surface area contributed by atoms with Crippen LogP contribution in [0.5, 0.6) is 5.88 Å². The SMILES string of the molecule is CNC(=O)c1ccnc2c([C@H](C)CNc3cc(-c4cnc(OC)c(COC)c4)ncn3)cccc12. The van der Waals surface area contributed by atoms with E-state index in [1.54, 1.807) is 39.7 Å². The van der Waals surface area contributed by atoms with Crippen LogP contribution in [-0.4, -0.2) is 53.7 Å². The van der Waals surface area contributed by atoms with Gasteiger partial charge in [0.2, 0.25) is 5.88 Å². The van der Waals surface area contributed by atoms with Gasteiger partial charge in [-0.3, -0.25) is 9.78 Å². The van der Waals surface area contributed by atoms with E-state index in [9.17, 15) is 4.79 Å². The Labute approximate surface area is 204 Å². The van der Waals surface area contributed by atoms with Gasteiger partial charge in [-0.2, -0.15) is 0 Å². The highest BCUT2D eigenvalue weighted by molar-refractivity contribution is 6.06. The number of carbonyl (C=O) groups excluding carboxylic acids is 1. The molecule has 35 heavy (non-hydrogen) atoms. The zero-order valence-corrected chi connectivity index (χ0v) is 20.2. The Morgan fingerprint density at radius 3 is 2.71 bits per heavy atom. The van der Waals surface area contributed by atoms with Gasteiger partial charge in [0.1, 0.15) is 12.1 Å². The first-order valence-corrected chi connectivity index (χ1v) is 11.2. The summed E-state index contributed by atoms with van der Waals surface area (Å²) < 4.78 is 10.6. The average Bonchev–Trinajstić information content (AvgIpc) is 2.91. The van der Waals surface area contributed by atoms with Crippen LogP contribution in [0.25, 0.3) is 22.2 Å². The number of benzene rings is 1. The quantitative estimate of drug-likeness (QED) is 0.378. The van der Waals surface area contributed by atoms with Crippen LogP contribution in [0, 0.1) is 0 Å². The Kier molecular flexibility index (Phi) is 7.47. The highest BCUT2D eigenvalue weighted by Gasteiger charge is 2.15. The lowest BCUT2D eigenvalue weighted by Gasteiger charge is -2.16. The van der Waals surface area contributed by atoms with E-state index in [4.69, 9.17) is 9.47 Å². The number of para-hydroxylation sites is 1. The lowest BCUT2D eigenvalue weighted by molar-refractivity contribution is 0.0964. The molecule has 9 nitrogen and oxygen atoms in total. The minimum Gasteiger partial charge on any atom is -0.481 e. The Bertz CT molecular complexity index is 1340. The van der Waals surface area contributed by atoms with Crippen LogP contribution in [0.3, 0.4) is 0 Å². The molecule has 0 radical (unpaired) electrons. The molecule has 0 aliphatic rings. The zero-order chi connectivity index (χ0) is 24.8. The van der Waals surface area contributed by atoms with Crippen molar-refractivity contribution >= 4 is 22.6 Å². The van der Waals surface area contributed by atoms with Crippen molar-refractivity contribution in [2.24, 2.45) is 0 Å². The predicted molar refractivity (Wildman–Crippen MR) is 135 cm³/mol. The van der Waals surface area contributed by atoms with E-state index in [0.717, 1.165) is 33.3 Å². The molecule has 0 unspecified atom stereocenters. The van der Waals surface area contributed by atoms with Gasteiger partial charge in [-0.1, -0.05) is 25.1 Å². The van der Waals surface area contributed by atoms with Crippen LogP contribution in [0.1, 0.15) is 34.3 Å². The number of methoxy groups -OCH3 is 2. The molecule has 1 atom stereocenters. The number of hydrogen-bond acceptors (Lipinski definition) is 8. The van der Waals surface area contributed by atoms with Crippen LogP contribution >= 0.6 is 0 Å². The smallest absolute Gasteiger partial charge is 0.251 e. The Morgan fingerprint density at radius 2 is 1.94 bits per heavy atom. The number of anilines is 1. The van der Waals surface area contributed by atoms with E-state index in [2.05, 4.69) is 37.5 Å². The maximum atomic E-state index is 12.3. The van der Waals surface area contributed by atoms with Crippen LogP contribution in [-0.2, 0) is 11.3 Å². The molecule has 0 aliphatic heterocycles. The van der Waals surface area contributed by atoms with Gasteiger partial charge in [0.05, 0.1) is 30.5 Å². The predicted octanol–water partition coefficient (Wildman–Crippen LogP) is 3.82. The second-order valence-corrected chi connectivity index (χ2v) is 8.08. The maximum absolute atomic E-state index is 12.3. The summed E-state index contributed by atoms with van der Waals surface area (Å²) in [4.78, 5) is 30.0. The fourth-order valence-corrected chi connectivity index (χ4v) is 3.99. The summed E-state index contributed by atoms with van der Waals surface area (Å²) in [5.74, 6) is 1.21. The summed E-state index contributed by atoms with van der Waals surface area (Å²) in [6.07, 6.45) is 4.92. The van der Waals surface area contributed by atoms with E-state index in [0.29, 0.717) is 30.4 Å². The monoisotopic (exact) mass is 472 g/mol. The third kappa shape index (κ3) is 5.20. The van der Waals surface area contributed by atoms with Crippen molar-refractivity contribution in [3.63, 3.8) is 0 Å². The van der Waals surface area contributed by atoms with Crippen molar-refractivity contribution in [3.05, 3.63) is 71.8 Å². The van der Waals surface area contributed by atoms with Crippen LogP contribution in [0.4, 0.5) is 5.82 Å². The molecular weight excluding hydrogens is 444 g/mol. The third-order valence-corrected chi connectivity index (χ3v) is 5.78. The fraction of sp³-hybridized carbons (Fsp3) is 0.269. The molecular formula is C26H28N6O3. The lowest BCUT2D eigenvalue weighted by atomic mass is 9.96. The molecule has 9 heteroatoms. The zero-order valence-electron chi connectivity index (χ0n) is 20.2. The van der Waals surface area contributed by atoms with Crippen molar-refractivity contribution < 1.29 is 14.3 Å². The Balaban J connectivity index is 1.54. The topological polar surface area (TPSA) is 111 Å². The second-order valence-electron chi connectivity index (χ2n) is 8.08. The number of pyridine rings is 2. The van der Waals surface area contributed by atoms with Gasteiger partial charge < -0.3 is 20.1 Å². The number of amides is 1. The second kappa shape index (κ2) is 10.9. The van der Waals surface area contributed by atoms with E-state index < -0.39 is 0 Å². The number of nitrogens with one attached hydrogen (secondary N) is 2. The number of fused-ring (bicyclic) bond motifs is 1. The molecule has 4 aromatic rings. The minimum atomic E-state index is -0.129. The number of rotatable bonds is 9. The van der Waals surface area contributed by atoms with Gasteiger partial charge in [-0.15, -0.1) is 0 Å². The molecule has 2 N–H and O–H groups in total. The first kappa shape index (κ1) is 24.0. The van der Waals surface area contributed by atoms with Crippen molar-refractivity contribution in [1.82, 2.24) is 25.3 Å². The van der Waals surface area contributed by atoms with E-state index in [-0.39, 0.29) is 11.8 Å². The standard InChI is InChI=1S/C26H28N6O3/c1-16(19-6-5-7-20-21(25(33)27-2)8-9-28-24(19)20)12-29-23-11-22(31-15-32-23)17-10-18(14-34-3)26(35-4)30-13-17/h5-11,13,15-16H,12,14H2,1-4H3,(H,27,33)(H,29,31,32)/t16-/m1/s1. The van der Waals surface area contributed by atoms with Gasteiger partial charge in [-0.25, -0.2) is 15.0 Å². The normalized spacial score (nSPS) is 11.8. The Morgan fingerprint density at radius 1 is 1.09 bits per heavy atom. The van der Waals surface area contributed by atoms with Crippen molar-refractivity contribution in [2.75, 3.05) is 33.1 Å². The molecule has 0 fully saturated rings. The highest BCUT2D eigenvalue weighted by atomic mass is 16.5. The number of hydrogen-bond donors (Lipinski definition) is 2. The van der Waals surface area contributed by atoms with Crippen molar-refractivity contribution in [1.29, 1.82) is 0 Å². The molecule has 0 saturated heterocycles. The van der Waals surface area contributed by atoms with Crippen molar-refractivity contribution in [2.45, 2.75) is 19.4 Å². The van der Waals surface area contributed by atoms with Crippen LogP contribution in [0.15, 0.2) is 55.1 Å². The van der Waals surface area contributed by atoms with E-state index in [1.807, 2.05) is 30.3 Å². The number of nitrogens with zero attached hydrogens (tertiary/aromatic N) is 4. The van der Waals surface area contributed by atoms with Gasteiger partial charge >= 0.3 is 0 Å². The summed E-state index contributed by atoms with van der Waals surface area (Å²) in [6, 6.07) is 11.5. The van der Waals surface area contributed by atoms with Gasteiger partial charge in [-0.05, 0) is 17.7 Å². The van der Waals surface area contributed by atoms with E-state index in [1.165, 1.54) is 6.33 Å². The van der Waals surface area contributed by atoms with Crippen LogP contribution < -0.4 is 15.4 Å². The number of ether oxygens (including phenoxy) is 2. The van der Waals surface area contributed by atoms with E-state index >= 15 is 0 Å². The third-order valence-electron chi connectivity index (χ3n) is 5.78. The molecule has 0 saturated carbocycles. The average molecular weight is 473 g/mol. The van der Waals surface area contributed by atoms with Gasteiger partial charge in [0, 0.05) is 61.6 Å². The first-order valence-electron chi connectivity index (χ1n) is 11.2. The minimum absolute atomic E-state index is 0.112. The van der Waals surface area contributed by atoms with Crippen molar-refractivity contribution in [3.8, 4) is 17.1 Å². The maximum Gasteiger partial charge on any atom is 0.251 e. The molecule has 3 heterocycles. The molecule has 0 spiro atoms. The molecule has 1 aromatic carbocycles.